The van der Waals surface area contributed by atoms with Crippen LogP contribution >= 0.6 is 0 Å². The topological polar surface area (TPSA) is 29.3 Å². The maximum Gasteiger partial charge on any atom is 0.255 e. The molecule has 4 rings (SSSR count). The Morgan fingerprint density at radius 2 is 2.21 bits per heavy atom. The van der Waals surface area contributed by atoms with Crippen molar-refractivity contribution >= 4 is 0 Å². The van der Waals surface area contributed by atoms with Crippen LogP contribution in [0.3, 0.4) is 0 Å². The highest BCUT2D eigenvalue weighted by molar-refractivity contribution is 5.16. The minimum Gasteiger partial charge on any atom is -0.361 e. The van der Waals surface area contributed by atoms with E-state index in [2.05, 4.69) is 10.1 Å². The van der Waals surface area contributed by atoms with E-state index in [0.29, 0.717) is 25.4 Å². The lowest BCUT2D eigenvalue weighted by atomic mass is 9.94. The van der Waals surface area contributed by atoms with Crippen molar-refractivity contribution in [2.75, 3.05) is 13.1 Å². The minimum absolute atomic E-state index is 0.0721. The maximum atomic E-state index is 13.4. The van der Waals surface area contributed by atoms with E-state index in [1.807, 2.05) is 6.07 Å². The number of alkyl halides is 2. The number of likely N-dealkylation sites (tertiary alicyclic amines) is 1. The first-order chi connectivity index (χ1) is 9.08. The van der Waals surface area contributed by atoms with Crippen LogP contribution < -0.4 is 0 Å². The maximum absolute atomic E-state index is 13.4. The lowest BCUT2D eigenvalue weighted by Gasteiger charge is -2.32. The molecular weight excluding hydrogens is 250 g/mol. The van der Waals surface area contributed by atoms with Crippen molar-refractivity contribution in [3.63, 3.8) is 0 Å². The number of piperidine rings is 1. The van der Waals surface area contributed by atoms with Gasteiger partial charge in [0.1, 0.15) is 5.76 Å². The number of rotatable bonds is 3. The van der Waals surface area contributed by atoms with Gasteiger partial charge in [0.25, 0.3) is 5.92 Å². The number of hydrogen-bond donors (Lipinski definition) is 0. The first-order valence-electron chi connectivity index (χ1n) is 7.14. The van der Waals surface area contributed by atoms with Crippen molar-refractivity contribution in [1.82, 2.24) is 10.1 Å². The van der Waals surface area contributed by atoms with Crippen LogP contribution in [-0.4, -0.2) is 29.1 Å². The molecule has 1 aromatic rings. The third kappa shape index (κ3) is 1.98. The van der Waals surface area contributed by atoms with Gasteiger partial charge in [0.05, 0.1) is 11.1 Å². The van der Waals surface area contributed by atoms with Crippen LogP contribution in [0, 0.1) is 5.41 Å². The molecule has 0 aromatic carbocycles. The average molecular weight is 268 g/mol. The minimum atomic E-state index is -2.44. The summed E-state index contributed by atoms with van der Waals surface area (Å²) in [6.45, 7) is 2.04. The van der Waals surface area contributed by atoms with E-state index in [9.17, 15) is 8.78 Å². The van der Waals surface area contributed by atoms with Gasteiger partial charge in [-0.1, -0.05) is 5.16 Å². The number of hydrogen-bond acceptors (Lipinski definition) is 3. The zero-order valence-electron chi connectivity index (χ0n) is 10.9. The zero-order chi connectivity index (χ0) is 13.1. The zero-order valence-corrected chi connectivity index (χ0v) is 10.9. The standard InChI is InChI=1S/C14H18F2N2O/c15-14(16)8-13(14)4-1-5-18(9-13)7-11-6-12(19-17-11)10-2-3-10/h6,10H,1-5,7-9H2. The molecule has 0 bridgehead atoms. The Morgan fingerprint density at radius 1 is 1.42 bits per heavy atom. The highest BCUT2D eigenvalue weighted by Crippen LogP contribution is 2.64. The summed E-state index contributed by atoms with van der Waals surface area (Å²) in [5, 5.41) is 4.07. The van der Waals surface area contributed by atoms with Crippen LogP contribution in [0.5, 0.6) is 0 Å². The Labute approximate surface area is 110 Å². The molecule has 0 N–H and O–H groups in total. The summed E-state index contributed by atoms with van der Waals surface area (Å²) in [5.41, 5.74) is 0.164. The lowest BCUT2D eigenvalue weighted by Crippen LogP contribution is -2.38. The molecule has 1 unspecified atom stereocenters. The van der Waals surface area contributed by atoms with Gasteiger partial charge in [0.15, 0.2) is 0 Å². The molecule has 0 amide bonds. The van der Waals surface area contributed by atoms with Crippen molar-refractivity contribution in [3.8, 4) is 0 Å². The fraction of sp³-hybridized carbons (Fsp3) is 0.786. The van der Waals surface area contributed by atoms with Gasteiger partial charge in [-0.05, 0) is 32.2 Å². The van der Waals surface area contributed by atoms with Gasteiger partial charge >= 0.3 is 0 Å². The second-order valence-corrected chi connectivity index (χ2v) is 6.47. The quantitative estimate of drug-likeness (QED) is 0.843. The fourth-order valence-electron chi connectivity index (χ4n) is 3.38. The van der Waals surface area contributed by atoms with Gasteiger partial charge in [-0.25, -0.2) is 8.78 Å². The van der Waals surface area contributed by atoms with Crippen LogP contribution in [0.15, 0.2) is 10.6 Å². The molecule has 1 aliphatic heterocycles. The van der Waals surface area contributed by atoms with E-state index in [4.69, 9.17) is 4.52 Å². The molecule has 3 fully saturated rings. The van der Waals surface area contributed by atoms with Crippen molar-refractivity contribution in [2.45, 2.75) is 50.5 Å². The molecule has 2 saturated carbocycles. The molecule has 2 heterocycles. The van der Waals surface area contributed by atoms with E-state index in [1.54, 1.807) is 0 Å². The normalized spacial score (nSPS) is 33.8. The predicted octanol–water partition coefficient (Wildman–Crippen LogP) is 3.17. The van der Waals surface area contributed by atoms with Crippen molar-refractivity contribution in [1.29, 1.82) is 0 Å². The third-order valence-electron chi connectivity index (χ3n) is 4.81. The summed E-state index contributed by atoms with van der Waals surface area (Å²) in [6.07, 6.45) is 3.98. The highest BCUT2D eigenvalue weighted by Gasteiger charge is 2.71. The van der Waals surface area contributed by atoms with Gasteiger partial charge in [0.2, 0.25) is 0 Å². The van der Waals surface area contributed by atoms with Crippen LogP contribution in [0.2, 0.25) is 0 Å². The molecule has 1 saturated heterocycles. The first-order valence-corrected chi connectivity index (χ1v) is 7.14. The van der Waals surface area contributed by atoms with E-state index < -0.39 is 11.3 Å². The fourth-order valence-corrected chi connectivity index (χ4v) is 3.38. The molecule has 2 aliphatic carbocycles. The second kappa shape index (κ2) is 3.78. The second-order valence-electron chi connectivity index (χ2n) is 6.47. The third-order valence-corrected chi connectivity index (χ3v) is 4.81. The molecule has 19 heavy (non-hydrogen) atoms. The summed E-state index contributed by atoms with van der Waals surface area (Å²) in [4.78, 5) is 2.11. The summed E-state index contributed by atoms with van der Waals surface area (Å²) in [7, 11) is 0. The van der Waals surface area contributed by atoms with E-state index in [0.717, 1.165) is 24.4 Å². The number of halogens is 2. The van der Waals surface area contributed by atoms with E-state index in [-0.39, 0.29) is 6.42 Å². The summed E-state index contributed by atoms with van der Waals surface area (Å²) < 4.78 is 32.2. The van der Waals surface area contributed by atoms with Gasteiger partial charge in [-0.2, -0.15) is 0 Å². The predicted molar refractivity (Wildman–Crippen MR) is 65.0 cm³/mol. The lowest BCUT2D eigenvalue weighted by molar-refractivity contribution is 0.0223. The van der Waals surface area contributed by atoms with Crippen molar-refractivity contribution in [3.05, 3.63) is 17.5 Å². The Morgan fingerprint density at radius 3 is 2.89 bits per heavy atom. The Kier molecular flexibility index (Phi) is 2.35. The number of aromatic nitrogens is 1. The largest absolute Gasteiger partial charge is 0.361 e. The molecular formula is C14H18F2N2O. The Hall–Kier alpha value is -0.970. The number of nitrogens with zero attached hydrogens (tertiary/aromatic N) is 2. The Balaban J connectivity index is 1.42. The van der Waals surface area contributed by atoms with Crippen LogP contribution in [-0.2, 0) is 6.54 Å². The van der Waals surface area contributed by atoms with Crippen LogP contribution in [0.1, 0.15) is 49.5 Å². The van der Waals surface area contributed by atoms with E-state index >= 15 is 0 Å². The molecule has 5 heteroatoms. The molecule has 0 radical (unpaired) electrons. The van der Waals surface area contributed by atoms with Crippen molar-refractivity contribution in [2.24, 2.45) is 5.41 Å². The molecule has 3 aliphatic rings. The summed E-state index contributed by atoms with van der Waals surface area (Å²) in [6, 6.07) is 2.00. The first kappa shape index (κ1) is 11.8. The van der Waals surface area contributed by atoms with Gasteiger partial charge in [0, 0.05) is 31.5 Å². The molecule has 1 atom stereocenters. The molecule has 3 nitrogen and oxygen atoms in total. The van der Waals surface area contributed by atoms with Crippen LogP contribution in [0.25, 0.3) is 0 Å². The molecule has 1 spiro atoms. The SMILES string of the molecule is FC1(F)CC12CCCN(Cc1cc(C3CC3)on1)C2. The summed E-state index contributed by atoms with van der Waals surface area (Å²) >= 11 is 0. The van der Waals surface area contributed by atoms with E-state index in [1.165, 1.54) is 12.8 Å². The summed E-state index contributed by atoms with van der Waals surface area (Å²) in [5.74, 6) is -0.908. The Bertz CT molecular complexity index is 497. The van der Waals surface area contributed by atoms with Crippen molar-refractivity contribution < 1.29 is 13.3 Å². The van der Waals surface area contributed by atoms with Gasteiger partial charge in [-0.3, -0.25) is 4.90 Å². The monoisotopic (exact) mass is 268 g/mol. The molecule has 104 valence electrons. The van der Waals surface area contributed by atoms with Gasteiger partial charge in [-0.15, -0.1) is 0 Å². The smallest absolute Gasteiger partial charge is 0.255 e. The van der Waals surface area contributed by atoms with Crippen LogP contribution in [0.4, 0.5) is 8.78 Å². The highest BCUT2D eigenvalue weighted by atomic mass is 19.3. The average Bonchev–Trinajstić information content (AvgIpc) is 3.22. The molecule has 1 aromatic heterocycles. The van der Waals surface area contributed by atoms with Gasteiger partial charge < -0.3 is 4.52 Å².